The fourth-order valence-electron chi connectivity index (χ4n) is 2.48. The Kier molecular flexibility index (Phi) is 9.42. The van der Waals surface area contributed by atoms with Crippen molar-refractivity contribution in [3.05, 3.63) is 0 Å². The second-order valence-corrected chi connectivity index (χ2v) is 4.96. The van der Waals surface area contributed by atoms with Crippen LogP contribution in [-0.2, 0) is 4.79 Å². The molecule has 1 rings (SSSR count). The predicted octanol–water partition coefficient (Wildman–Crippen LogP) is 1.21. The van der Waals surface area contributed by atoms with E-state index in [0.29, 0.717) is 6.54 Å². The van der Waals surface area contributed by atoms with Crippen LogP contribution in [0.5, 0.6) is 0 Å². The standard InChI is InChI=1S/C13H27N3O.ClH/c1-4-16(5-2)13(17)11-15(3)10-12-6-8-14-9-7-12;/h12,14H,4-11H2,1-3H3;1H. The Labute approximate surface area is 117 Å². The number of halogens is 1. The van der Waals surface area contributed by atoms with Gasteiger partial charge in [-0.25, -0.2) is 0 Å². The van der Waals surface area contributed by atoms with Gasteiger partial charge in [0.2, 0.25) is 5.91 Å². The van der Waals surface area contributed by atoms with Crippen molar-refractivity contribution in [1.82, 2.24) is 15.1 Å². The van der Waals surface area contributed by atoms with E-state index in [1.807, 2.05) is 18.7 Å². The van der Waals surface area contributed by atoms with Gasteiger partial charge in [-0.2, -0.15) is 0 Å². The maximum Gasteiger partial charge on any atom is 0.236 e. The van der Waals surface area contributed by atoms with Gasteiger partial charge in [0, 0.05) is 19.6 Å². The van der Waals surface area contributed by atoms with E-state index in [1.54, 1.807) is 0 Å². The SMILES string of the molecule is CCN(CC)C(=O)CN(C)CC1CCNCC1.Cl. The lowest BCUT2D eigenvalue weighted by Crippen LogP contribution is -2.41. The van der Waals surface area contributed by atoms with E-state index in [4.69, 9.17) is 0 Å². The van der Waals surface area contributed by atoms with Crippen molar-refractivity contribution in [2.45, 2.75) is 26.7 Å². The number of likely N-dealkylation sites (N-methyl/N-ethyl adjacent to an activating group) is 2. The monoisotopic (exact) mass is 277 g/mol. The van der Waals surface area contributed by atoms with Crippen LogP contribution in [0.15, 0.2) is 0 Å². The quantitative estimate of drug-likeness (QED) is 0.793. The number of nitrogens with one attached hydrogen (secondary N) is 1. The van der Waals surface area contributed by atoms with Crippen molar-refractivity contribution in [2.75, 3.05) is 46.3 Å². The minimum atomic E-state index is 0. The van der Waals surface area contributed by atoms with Crippen LogP contribution in [-0.4, -0.2) is 62.0 Å². The van der Waals surface area contributed by atoms with Gasteiger partial charge in [0.1, 0.15) is 0 Å². The van der Waals surface area contributed by atoms with Crippen molar-refractivity contribution in [2.24, 2.45) is 5.92 Å². The normalized spacial score (nSPS) is 16.4. The fraction of sp³-hybridized carbons (Fsp3) is 0.923. The first-order chi connectivity index (χ1) is 8.17. The molecule has 108 valence electrons. The molecular formula is C13H28ClN3O. The van der Waals surface area contributed by atoms with Crippen LogP contribution in [0.2, 0.25) is 0 Å². The topological polar surface area (TPSA) is 35.6 Å². The molecule has 1 saturated heterocycles. The molecule has 0 radical (unpaired) electrons. The molecule has 0 bridgehead atoms. The van der Waals surface area contributed by atoms with Crippen LogP contribution in [0.1, 0.15) is 26.7 Å². The zero-order chi connectivity index (χ0) is 12.7. The van der Waals surface area contributed by atoms with E-state index >= 15 is 0 Å². The molecule has 5 heteroatoms. The highest BCUT2D eigenvalue weighted by atomic mass is 35.5. The summed E-state index contributed by atoms with van der Waals surface area (Å²) in [7, 11) is 2.06. The van der Waals surface area contributed by atoms with Crippen molar-refractivity contribution < 1.29 is 4.79 Å². The molecule has 1 N–H and O–H groups in total. The Bertz CT molecular complexity index is 228. The summed E-state index contributed by atoms with van der Waals surface area (Å²) in [4.78, 5) is 16.0. The summed E-state index contributed by atoms with van der Waals surface area (Å²) in [6.45, 7) is 9.57. The number of piperidine rings is 1. The van der Waals surface area contributed by atoms with Gasteiger partial charge in [-0.15, -0.1) is 12.4 Å². The zero-order valence-corrected chi connectivity index (χ0v) is 12.8. The molecule has 0 atom stereocenters. The molecular weight excluding hydrogens is 250 g/mol. The summed E-state index contributed by atoms with van der Waals surface area (Å²) in [6.07, 6.45) is 2.48. The predicted molar refractivity (Wildman–Crippen MR) is 78.3 cm³/mol. The minimum absolute atomic E-state index is 0. The molecule has 0 aromatic rings. The Morgan fingerprint density at radius 2 is 1.78 bits per heavy atom. The highest BCUT2D eigenvalue weighted by Gasteiger charge is 2.17. The van der Waals surface area contributed by atoms with Gasteiger partial charge in [-0.1, -0.05) is 0 Å². The van der Waals surface area contributed by atoms with Crippen molar-refractivity contribution in [1.29, 1.82) is 0 Å². The van der Waals surface area contributed by atoms with Gasteiger partial charge in [0.05, 0.1) is 6.54 Å². The maximum atomic E-state index is 11.9. The summed E-state index contributed by atoms with van der Waals surface area (Å²) < 4.78 is 0. The first-order valence-corrected chi connectivity index (χ1v) is 6.84. The van der Waals surface area contributed by atoms with E-state index in [2.05, 4.69) is 17.3 Å². The van der Waals surface area contributed by atoms with Crippen molar-refractivity contribution >= 4 is 18.3 Å². The molecule has 0 unspecified atom stereocenters. The lowest BCUT2D eigenvalue weighted by Gasteiger charge is -2.28. The smallest absolute Gasteiger partial charge is 0.236 e. The molecule has 0 spiro atoms. The highest BCUT2D eigenvalue weighted by Crippen LogP contribution is 2.12. The zero-order valence-electron chi connectivity index (χ0n) is 11.9. The lowest BCUT2D eigenvalue weighted by atomic mass is 9.98. The first-order valence-electron chi connectivity index (χ1n) is 6.84. The molecule has 0 aliphatic carbocycles. The maximum absolute atomic E-state index is 11.9. The van der Waals surface area contributed by atoms with E-state index in [0.717, 1.165) is 38.6 Å². The summed E-state index contributed by atoms with van der Waals surface area (Å²) in [6, 6.07) is 0. The second kappa shape index (κ2) is 9.59. The molecule has 1 amide bonds. The fourth-order valence-corrected chi connectivity index (χ4v) is 2.48. The third-order valence-electron chi connectivity index (χ3n) is 3.55. The third kappa shape index (κ3) is 6.03. The van der Waals surface area contributed by atoms with E-state index in [1.165, 1.54) is 12.8 Å². The lowest BCUT2D eigenvalue weighted by molar-refractivity contribution is -0.131. The van der Waals surface area contributed by atoms with Gasteiger partial charge in [-0.05, 0) is 52.7 Å². The minimum Gasteiger partial charge on any atom is -0.342 e. The van der Waals surface area contributed by atoms with Gasteiger partial charge >= 0.3 is 0 Å². The number of carbonyl (C=O) groups excluding carboxylic acids is 1. The second-order valence-electron chi connectivity index (χ2n) is 4.96. The molecule has 4 nitrogen and oxygen atoms in total. The Balaban J connectivity index is 0.00000289. The summed E-state index contributed by atoms with van der Waals surface area (Å²) >= 11 is 0. The van der Waals surface area contributed by atoms with E-state index in [9.17, 15) is 4.79 Å². The molecule has 0 aromatic heterocycles. The number of amides is 1. The third-order valence-corrected chi connectivity index (χ3v) is 3.55. The number of hydrogen-bond donors (Lipinski definition) is 1. The molecule has 1 aliphatic rings. The molecule has 1 heterocycles. The Hall–Kier alpha value is -0.320. The van der Waals surface area contributed by atoms with Crippen LogP contribution in [0.3, 0.4) is 0 Å². The first kappa shape index (κ1) is 17.7. The largest absolute Gasteiger partial charge is 0.342 e. The van der Waals surface area contributed by atoms with Crippen molar-refractivity contribution in [3.8, 4) is 0 Å². The molecule has 0 aromatic carbocycles. The summed E-state index contributed by atoms with van der Waals surface area (Å²) in [5, 5.41) is 3.37. The van der Waals surface area contributed by atoms with Crippen LogP contribution in [0, 0.1) is 5.92 Å². The molecule has 18 heavy (non-hydrogen) atoms. The Morgan fingerprint density at radius 3 is 2.28 bits per heavy atom. The van der Waals surface area contributed by atoms with Crippen LogP contribution < -0.4 is 5.32 Å². The Morgan fingerprint density at radius 1 is 1.22 bits per heavy atom. The van der Waals surface area contributed by atoms with Crippen molar-refractivity contribution in [3.63, 3.8) is 0 Å². The molecule has 1 aliphatic heterocycles. The van der Waals surface area contributed by atoms with E-state index < -0.39 is 0 Å². The number of nitrogens with zero attached hydrogens (tertiary/aromatic N) is 2. The number of hydrogen-bond acceptors (Lipinski definition) is 3. The van der Waals surface area contributed by atoms with Gasteiger partial charge < -0.3 is 10.2 Å². The number of rotatable bonds is 6. The average Bonchev–Trinajstić information content (AvgIpc) is 2.31. The van der Waals surface area contributed by atoms with Crippen LogP contribution in [0.4, 0.5) is 0 Å². The summed E-state index contributed by atoms with van der Waals surface area (Å²) in [5.74, 6) is 1.01. The van der Waals surface area contributed by atoms with E-state index in [-0.39, 0.29) is 18.3 Å². The number of carbonyl (C=O) groups is 1. The molecule has 1 fully saturated rings. The van der Waals surface area contributed by atoms with Gasteiger partial charge in [0.15, 0.2) is 0 Å². The summed E-state index contributed by atoms with van der Waals surface area (Å²) in [5.41, 5.74) is 0. The molecule has 0 saturated carbocycles. The average molecular weight is 278 g/mol. The van der Waals surface area contributed by atoms with Crippen LogP contribution in [0.25, 0.3) is 0 Å². The highest BCUT2D eigenvalue weighted by molar-refractivity contribution is 5.85. The van der Waals surface area contributed by atoms with Gasteiger partial charge in [0.25, 0.3) is 0 Å². The van der Waals surface area contributed by atoms with Crippen LogP contribution >= 0.6 is 12.4 Å². The van der Waals surface area contributed by atoms with Gasteiger partial charge in [-0.3, -0.25) is 9.69 Å².